The van der Waals surface area contributed by atoms with Crippen LogP contribution in [0.2, 0.25) is 5.02 Å². The van der Waals surface area contributed by atoms with Gasteiger partial charge in [-0.1, -0.05) is 59.3 Å². The molecule has 0 aliphatic heterocycles. The third kappa shape index (κ3) is 4.27. The van der Waals surface area contributed by atoms with Gasteiger partial charge in [0, 0.05) is 17.1 Å². The Morgan fingerprint density at radius 3 is 2.66 bits per heavy atom. The fourth-order valence-electron chi connectivity index (χ4n) is 3.39. The molecule has 0 fully saturated rings. The summed E-state index contributed by atoms with van der Waals surface area (Å²) in [5, 5.41) is 3.40. The molecule has 3 aromatic carbocycles. The highest BCUT2D eigenvalue weighted by Gasteiger charge is 2.22. The summed E-state index contributed by atoms with van der Waals surface area (Å²) >= 11 is 7.65. The number of thiazole rings is 1. The number of anilines is 1. The van der Waals surface area contributed by atoms with Gasteiger partial charge in [0.25, 0.3) is 5.91 Å². The van der Waals surface area contributed by atoms with Crippen molar-refractivity contribution in [3.05, 3.63) is 71.2 Å². The van der Waals surface area contributed by atoms with E-state index in [1.54, 1.807) is 0 Å². The van der Waals surface area contributed by atoms with Crippen molar-refractivity contribution in [2.24, 2.45) is 0 Å². The molecule has 148 valence electrons. The number of fused-ring (bicyclic) bond motifs is 2. The number of aromatic nitrogens is 1. The van der Waals surface area contributed by atoms with Crippen LogP contribution in [-0.2, 0) is 0 Å². The van der Waals surface area contributed by atoms with E-state index in [0.717, 1.165) is 34.0 Å². The maximum atomic E-state index is 13.6. The van der Waals surface area contributed by atoms with Crippen molar-refractivity contribution < 1.29 is 4.79 Å². The zero-order chi connectivity index (χ0) is 20.4. The summed E-state index contributed by atoms with van der Waals surface area (Å²) < 4.78 is 0.982. The number of halogens is 1. The first-order valence-electron chi connectivity index (χ1n) is 9.53. The predicted molar refractivity (Wildman–Crippen MR) is 123 cm³/mol. The van der Waals surface area contributed by atoms with Crippen LogP contribution in [0.1, 0.15) is 16.8 Å². The quantitative estimate of drug-likeness (QED) is 0.399. The fourth-order valence-corrected chi connectivity index (χ4v) is 4.65. The molecule has 0 aliphatic carbocycles. The molecule has 6 heteroatoms. The second-order valence-corrected chi connectivity index (χ2v) is 8.69. The van der Waals surface area contributed by atoms with Gasteiger partial charge in [0.1, 0.15) is 0 Å². The molecule has 29 heavy (non-hydrogen) atoms. The molecule has 4 nitrogen and oxygen atoms in total. The normalized spacial score (nSPS) is 11.4. The van der Waals surface area contributed by atoms with Gasteiger partial charge in [-0.15, -0.1) is 0 Å². The minimum Gasteiger partial charge on any atom is -0.309 e. The average molecular weight is 424 g/mol. The second kappa shape index (κ2) is 8.49. The lowest BCUT2D eigenvalue weighted by Gasteiger charge is -2.21. The number of carbonyl (C=O) groups is 1. The van der Waals surface area contributed by atoms with Crippen molar-refractivity contribution in [2.45, 2.75) is 6.42 Å². The Hall–Kier alpha value is -2.47. The highest BCUT2D eigenvalue weighted by molar-refractivity contribution is 7.22. The Labute approximate surface area is 179 Å². The van der Waals surface area contributed by atoms with E-state index in [2.05, 4.69) is 4.90 Å². The first kappa shape index (κ1) is 19.8. The van der Waals surface area contributed by atoms with Crippen LogP contribution >= 0.6 is 22.9 Å². The van der Waals surface area contributed by atoms with Gasteiger partial charge in [-0.25, -0.2) is 4.98 Å². The summed E-state index contributed by atoms with van der Waals surface area (Å²) in [5.41, 5.74) is 1.56. The molecular weight excluding hydrogens is 402 g/mol. The molecule has 1 amide bonds. The standard InChI is InChI=1S/C23H22ClN3OS/c1-26(2)13-6-14-27(23-25-20-12-11-17(24)15-21(20)29-23)22(28)19-10-5-8-16-7-3-4-9-18(16)19/h3-5,7-12,15H,6,13-14H2,1-2H3. The molecule has 1 aromatic heterocycles. The van der Waals surface area contributed by atoms with Gasteiger partial charge < -0.3 is 4.90 Å². The molecule has 4 aromatic rings. The Kier molecular flexibility index (Phi) is 5.81. The predicted octanol–water partition coefficient (Wildman–Crippen LogP) is 5.70. The molecule has 0 aliphatic rings. The minimum atomic E-state index is -0.0225. The van der Waals surface area contributed by atoms with Crippen LogP contribution in [-0.4, -0.2) is 43.0 Å². The van der Waals surface area contributed by atoms with Crippen molar-refractivity contribution >= 4 is 55.0 Å². The summed E-state index contributed by atoms with van der Waals surface area (Å²) in [6, 6.07) is 19.5. The molecule has 0 atom stereocenters. The number of rotatable bonds is 6. The van der Waals surface area contributed by atoms with Gasteiger partial charge in [0.05, 0.1) is 10.2 Å². The third-order valence-electron chi connectivity index (χ3n) is 4.82. The van der Waals surface area contributed by atoms with Crippen molar-refractivity contribution in [2.75, 3.05) is 32.1 Å². The highest BCUT2D eigenvalue weighted by atomic mass is 35.5. The first-order valence-corrected chi connectivity index (χ1v) is 10.7. The summed E-state index contributed by atoms with van der Waals surface area (Å²) in [6.07, 6.45) is 0.861. The van der Waals surface area contributed by atoms with E-state index in [1.807, 2.05) is 79.7 Å². The van der Waals surface area contributed by atoms with E-state index in [0.29, 0.717) is 22.3 Å². The molecule has 0 radical (unpaired) electrons. The Morgan fingerprint density at radius 1 is 1.03 bits per heavy atom. The topological polar surface area (TPSA) is 36.4 Å². The lowest BCUT2D eigenvalue weighted by Crippen LogP contribution is -2.33. The molecule has 0 saturated heterocycles. The van der Waals surface area contributed by atoms with Crippen LogP contribution in [0.3, 0.4) is 0 Å². The van der Waals surface area contributed by atoms with Crippen LogP contribution in [0, 0.1) is 0 Å². The van der Waals surface area contributed by atoms with Crippen LogP contribution in [0.15, 0.2) is 60.7 Å². The summed E-state index contributed by atoms with van der Waals surface area (Å²) in [5.74, 6) is -0.0225. The van der Waals surface area contributed by atoms with E-state index < -0.39 is 0 Å². The van der Waals surface area contributed by atoms with Crippen LogP contribution in [0.5, 0.6) is 0 Å². The fraction of sp³-hybridized carbons (Fsp3) is 0.217. The number of carbonyl (C=O) groups excluding carboxylic acids is 1. The monoisotopic (exact) mass is 423 g/mol. The van der Waals surface area contributed by atoms with Crippen LogP contribution < -0.4 is 4.90 Å². The summed E-state index contributed by atoms with van der Waals surface area (Å²) in [7, 11) is 4.08. The zero-order valence-electron chi connectivity index (χ0n) is 16.4. The molecule has 0 saturated carbocycles. The minimum absolute atomic E-state index is 0.0225. The van der Waals surface area contributed by atoms with Crippen molar-refractivity contribution in [1.82, 2.24) is 9.88 Å². The van der Waals surface area contributed by atoms with Gasteiger partial charge in [-0.05, 0) is 62.1 Å². The smallest absolute Gasteiger partial charge is 0.260 e. The average Bonchev–Trinajstić information content (AvgIpc) is 3.12. The maximum absolute atomic E-state index is 13.6. The number of nitrogens with zero attached hydrogens (tertiary/aromatic N) is 3. The summed E-state index contributed by atoms with van der Waals surface area (Å²) in [4.78, 5) is 22.3. The lowest BCUT2D eigenvalue weighted by molar-refractivity contribution is 0.0987. The van der Waals surface area contributed by atoms with Crippen molar-refractivity contribution in [1.29, 1.82) is 0 Å². The maximum Gasteiger partial charge on any atom is 0.260 e. The van der Waals surface area contributed by atoms with E-state index in [4.69, 9.17) is 16.6 Å². The Bertz CT molecular complexity index is 1170. The SMILES string of the molecule is CN(C)CCCN(C(=O)c1cccc2ccccc12)c1nc2ccc(Cl)cc2s1. The number of benzene rings is 3. The van der Waals surface area contributed by atoms with Gasteiger partial charge in [0.15, 0.2) is 5.13 Å². The number of hydrogen-bond donors (Lipinski definition) is 0. The van der Waals surface area contributed by atoms with E-state index in [1.165, 1.54) is 11.3 Å². The van der Waals surface area contributed by atoms with E-state index in [9.17, 15) is 4.79 Å². The number of amides is 1. The zero-order valence-corrected chi connectivity index (χ0v) is 18.0. The van der Waals surface area contributed by atoms with Gasteiger partial charge in [-0.2, -0.15) is 0 Å². The molecule has 0 N–H and O–H groups in total. The highest BCUT2D eigenvalue weighted by Crippen LogP contribution is 2.32. The van der Waals surface area contributed by atoms with Crippen LogP contribution in [0.25, 0.3) is 21.0 Å². The van der Waals surface area contributed by atoms with Gasteiger partial charge in [0.2, 0.25) is 0 Å². The molecule has 4 rings (SSSR count). The molecular formula is C23H22ClN3OS. The summed E-state index contributed by atoms with van der Waals surface area (Å²) in [6.45, 7) is 1.50. The van der Waals surface area contributed by atoms with Crippen molar-refractivity contribution in [3.63, 3.8) is 0 Å². The van der Waals surface area contributed by atoms with Gasteiger partial charge >= 0.3 is 0 Å². The van der Waals surface area contributed by atoms with E-state index >= 15 is 0 Å². The Balaban J connectivity index is 1.75. The molecule has 0 unspecified atom stereocenters. The van der Waals surface area contributed by atoms with E-state index in [-0.39, 0.29) is 5.91 Å². The Morgan fingerprint density at radius 2 is 1.83 bits per heavy atom. The molecule has 0 bridgehead atoms. The molecule has 1 heterocycles. The largest absolute Gasteiger partial charge is 0.309 e. The third-order valence-corrected chi connectivity index (χ3v) is 6.10. The molecule has 0 spiro atoms. The van der Waals surface area contributed by atoms with Gasteiger partial charge in [-0.3, -0.25) is 9.69 Å². The lowest BCUT2D eigenvalue weighted by atomic mass is 10.0. The second-order valence-electron chi connectivity index (χ2n) is 7.25. The van der Waals surface area contributed by atoms with Crippen LogP contribution in [0.4, 0.5) is 5.13 Å². The first-order chi connectivity index (χ1) is 14.0. The number of hydrogen-bond acceptors (Lipinski definition) is 4. The van der Waals surface area contributed by atoms with Crippen molar-refractivity contribution in [3.8, 4) is 0 Å².